The molecule has 0 aliphatic heterocycles. The topological polar surface area (TPSA) is 46.6 Å². The van der Waals surface area contributed by atoms with Crippen LogP contribution in [-0.2, 0) is 20.7 Å². The minimum atomic E-state index is -0.451. The van der Waals surface area contributed by atoms with E-state index in [4.69, 9.17) is 4.74 Å². The van der Waals surface area contributed by atoms with Crippen molar-refractivity contribution < 1.29 is 14.3 Å². The standard InChI is InChI=1S/C21H33NO3/c1-17(13-14-18-10-7-6-8-11-18)16-19(23)22(5)15-9-12-20(24)25-21(2,3)4/h6-8,10-11,17H,9,12-16H2,1-5H3. The van der Waals surface area contributed by atoms with Crippen molar-refractivity contribution in [3.8, 4) is 0 Å². The van der Waals surface area contributed by atoms with Crippen molar-refractivity contribution >= 4 is 11.9 Å². The lowest BCUT2D eigenvalue weighted by Gasteiger charge is -2.21. The molecule has 0 aromatic heterocycles. The first-order valence-electron chi connectivity index (χ1n) is 9.17. The molecule has 4 heteroatoms. The van der Waals surface area contributed by atoms with Gasteiger partial charge in [0.1, 0.15) is 5.60 Å². The monoisotopic (exact) mass is 347 g/mol. The second-order valence-electron chi connectivity index (χ2n) is 7.84. The first-order chi connectivity index (χ1) is 11.7. The summed E-state index contributed by atoms with van der Waals surface area (Å²) >= 11 is 0. The largest absolute Gasteiger partial charge is 0.460 e. The van der Waals surface area contributed by atoms with Gasteiger partial charge < -0.3 is 9.64 Å². The molecule has 0 aliphatic rings. The van der Waals surface area contributed by atoms with Crippen LogP contribution in [0.15, 0.2) is 30.3 Å². The molecule has 0 radical (unpaired) electrons. The number of carbonyl (C=O) groups excluding carboxylic acids is 2. The van der Waals surface area contributed by atoms with Crippen LogP contribution in [0.1, 0.15) is 58.9 Å². The van der Waals surface area contributed by atoms with E-state index < -0.39 is 5.60 Å². The van der Waals surface area contributed by atoms with E-state index in [1.807, 2.05) is 39.0 Å². The molecule has 0 aliphatic carbocycles. The van der Waals surface area contributed by atoms with Crippen LogP contribution in [0.3, 0.4) is 0 Å². The van der Waals surface area contributed by atoms with Crippen molar-refractivity contribution in [1.29, 1.82) is 0 Å². The molecule has 4 nitrogen and oxygen atoms in total. The van der Waals surface area contributed by atoms with E-state index in [1.165, 1.54) is 5.56 Å². The number of ether oxygens (including phenoxy) is 1. The fraction of sp³-hybridized carbons (Fsp3) is 0.619. The first kappa shape index (κ1) is 21.2. The van der Waals surface area contributed by atoms with Gasteiger partial charge in [0.05, 0.1) is 0 Å². The summed E-state index contributed by atoms with van der Waals surface area (Å²) in [6, 6.07) is 10.4. The minimum absolute atomic E-state index is 0.143. The lowest BCUT2D eigenvalue weighted by atomic mass is 9.98. The van der Waals surface area contributed by atoms with E-state index in [0.29, 0.717) is 31.7 Å². The van der Waals surface area contributed by atoms with Gasteiger partial charge in [0, 0.05) is 26.4 Å². The summed E-state index contributed by atoms with van der Waals surface area (Å²) in [7, 11) is 1.81. The molecule has 1 atom stereocenters. The highest BCUT2D eigenvalue weighted by Gasteiger charge is 2.17. The number of esters is 1. The predicted molar refractivity (Wildman–Crippen MR) is 101 cm³/mol. The molecule has 1 aromatic rings. The Bertz CT molecular complexity index is 534. The second-order valence-corrected chi connectivity index (χ2v) is 7.84. The van der Waals surface area contributed by atoms with Gasteiger partial charge in [0.2, 0.25) is 5.91 Å². The minimum Gasteiger partial charge on any atom is -0.460 e. The van der Waals surface area contributed by atoms with Gasteiger partial charge in [-0.05, 0) is 51.5 Å². The molecule has 0 spiro atoms. The average Bonchev–Trinajstić information content (AvgIpc) is 2.52. The zero-order valence-corrected chi connectivity index (χ0v) is 16.4. The van der Waals surface area contributed by atoms with Crippen molar-refractivity contribution in [3.05, 3.63) is 35.9 Å². The maximum Gasteiger partial charge on any atom is 0.306 e. The van der Waals surface area contributed by atoms with Gasteiger partial charge in [-0.2, -0.15) is 0 Å². The lowest BCUT2D eigenvalue weighted by molar-refractivity contribution is -0.155. The molecule has 25 heavy (non-hydrogen) atoms. The number of hydrogen-bond acceptors (Lipinski definition) is 3. The van der Waals surface area contributed by atoms with Crippen molar-refractivity contribution in [3.63, 3.8) is 0 Å². The van der Waals surface area contributed by atoms with Gasteiger partial charge >= 0.3 is 5.97 Å². The summed E-state index contributed by atoms with van der Waals surface area (Å²) in [6.07, 6.45) is 3.53. The highest BCUT2D eigenvalue weighted by atomic mass is 16.6. The van der Waals surface area contributed by atoms with Gasteiger partial charge in [0.25, 0.3) is 0 Å². The second kappa shape index (κ2) is 10.2. The summed E-state index contributed by atoms with van der Waals surface area (Å²) in [4.78, 5) is 25.7. The summed E-state index contributed by atoms with van der Waals surface area (Å²) in [5.74, 6) is 0.287. The third-order valence-corrected chi connectivity index (χ3v) is 4.01. The summed E-state index contributed by atoms with van der Waals surface area (Å²) in [6.45, 7) is 8.28. The Kier molecular flexibility index (Phi) is 8.67. The Hall–Kier alpha value is -1.84. The molecule has 140 valence electrons. The van der Waals surface area contributed by atoms with Crippen molar-refractivity contribution in [1.82, 2.24) is 4.90 Å². The van der Waals surface area contributed by atoms with E-state index in [9.17, 15) is 9.59 Å². The summed E-state index contributed by atoms with van der Waals surface area (Å²) in [5.41, 5.74) is 0.861. The first-order valence-corrected chi connectivity index (χ1v) is 9.17. The molecule has 0 heterocycles. The number of rotatable bonds is 9. The van der Waals surface area contributed by atoms with Gasteiger partial charge in [-0.15, -0.1) is 0 Å². The third-order valence-electron chi connectivity index (χ3n) is 4.01. The van der Waals surface area contributed by atoms with E-state index in [0.717, 1.165) is 12.8 Å². The zero-order chi connectivity index (χ0) is 18.9. The number of hydrogen-bond donors (Lipinski definition) is 0. The van der Waals surface area contributed by atoms with Crippen LogP contribution < -0.4 is 0 Å². The Morgan fingerprint density at radius 3 is 2.40 bits per heavy atom. The maximum absolute atomic E-state index is 12.3. The molecule has 1 rings (SSSR count). The Morgan fingerprint density at radius 1 is 1.16 bits per heavy atom. The van der Waals surface area contributed by atoms with E-state index in [2.05, 4.69) is 19.1 Å². The Labute approximate surface area is 152 Å². The van der Waals surface area contributed by atoms with Crippen LogP contribution in [0, 0.1) is 5.92 Å². The maximum atomic E-state index is 12.3. The molecule has 0 N–H and O–H groups in total. The van der Waals surface area contributed by atoms with Crippen molar-refractivity contribution in [2.75, 3.05) is 13.6 Å². The number of aryl methyl sites for hydroxylation is 1. The van der Waals surface area contributed by atoms with Gasteiger partial charge in [-0.3, -0.25) is 9.59 Å². The van der Waals surface area contributed by atoms with E-state index >= 15 is 0 Å². The van der Waals surface area contributed by atoms with Crippen LogP contribution in [0.25, 0.3) is 0 Å². The van der Waals surface area contributed by atoms with Crippen molar-refractivity contribution in [2.24, 2.45) is 5.92 Å². The molecule has 0 bridgehead atoms. The SMILES string of the molecule is CC(CCc1ccccc1)CC(=O)N(C)CCCC(=O)OC(C)(C)C. The highest BCUT2D eigenvalue weighted by Crippen LogP contribution is 2.14. The Balaban J connectivity index is 2.23. The molecule has 0 saturated heterocycles. The van der Waals surface area contributed by atoms with Crippen molar-refractivity contribution in [2.45, 2.75) is 65.4 Å². The van der Waals surface area contributed by atoms with Crippen LogP contribution in [0.5, 0.6) is 0 Å². The Morgan fingerprint density at radius 2 is 1.80 bits per heavy atom. The number of amides is 1. The van der Waals surface area contributed by atoms with Crippen LogP contribution >= 0.6 is 0 Å². The van der Waals surface area contributed by atoms with Gasteiger partial charge in [0.15, 0.2) is 0 Å². The van der Waals surface area contributed by atoms with Gasteiger partial charge in [-0.1, -0.05) is 37.3 Å². The predicted octanol–water partition coefficient (Wildman–Crippen LogP) is 4.23. The number of benzene rings is 1. The lowest BCUT2D eigenvalue weighted by Crippen LogP contribution is -2.30. The highest BCUT2D eigenvalue weighted by molar-refractivity contribution is 5.76. The fourth-order valence-corrected chi connectivity index (χ4v) is 2.59. The number of carbonyl (C=O) groups is 2. The summed E-state index contributed by atoms with van der Waals surface area (Å²) in [5, 5.41) is 0. The van der Waals surface area contributed by atoms with Crippen LogP contribution in [-0.4, -0.2) is 36.0 Å². The molecule has 1 aromatic carbocycles. The summed E-state index contributed by atoms with van der Waals surface area (Å²) < 4.78 is 5.28. The van der Waals surface area contributed by atoms with Crippen LogP contribution in [0.2, 0.25) is 0 Å². The average molecular weight is 347 g/mol. The molecule has 0 fully saturated rings. The van der Waals surface area contributed by atoms with E-state index in [-0.39, 0.29) is 11.9 Å². The molecule has 0 saturated carbocycles. The fourth-order valence-electron chi connectivity index (χ4n) is 2.59. The van der Waals surface area contributed by atoms with Gasteiger partial charge in [-0.25, -0.2) is 0 Å². The zero-order valence-electron chi connectivity index (χ0n) is 16.4. The molecule has 1 unspecified atom stereocenters. The quantitative estimate of drug-likeness (QED) is 0.628. The number of nitrogens with zero attached hydrogens (tertiary/aromatic N) is 1. The molecule has 1 amide bonds. The van der Waals surface area contributed by atoms with Crippen LogP contribution in [0.4, 0.5) is 0 Å². The molecular weight excluding hydrogens is 314 g/mol. The normalized spacial score (nSPS) is 12.5. The van der Waals surface area contributed by atoms with E-state index in [1.54, 1.807) is 11.9 Å². The molecular formula is C21H33NO3. The smallest absolute Gasteiger partial charge is 0.306 e. The third kappa shape index (κ3) is 9.90.